The van der Waals surface area contributed by atoms with Crippen LogP contribution >= 0.6 is 0 Å². The summed E-state index contributed by atoms with van der Waals surface area (Å²) in [7, 11) is 0. The van der Waals surface area contributed by atoms with Gasteiger partial charge in [0.1, 0.15) is 11.2 Å². The average molecular weight is 829 g/mol. The second-order valence-corrected chi connectivity index (χ2v) is 16.9. The van der Waals surface area contributed by atoms with Crippen LogP contribution in [0.5, 0.6) is 0 Å². The molecule has 0 N–H and O–H groups in total. The molecular formula is C62H40N2O. The topological polar surface area (TPSA) is 21.3 Å². The second-order valence-electron chi connectivity index (χ2n) is 16.9. The average Bonchev–Trinajstić information content (AvgIpc) is 3.93. The third kappa shape index (κ3) is 6.12. The number of benzene rings is 11. The lowest BCUT2D eigenvalue weighted by molar-refractivity contribution is 0.669. The molecule has 0 spiro atoms. The number of rotatable bonds is 7. The van der Waals surface area contributed by atoms with Gasteiger partial charge in [0.25, 0.3) is 0 Å². The quantitative estimate of drug-likeness (QED) is 0.149. The second kappa shape index (κ2) is 15.0. The van der Waals surface area contributed by atoms with E-state index in [1.165, 1.54) is 60.0 Å². The van der Waals surface area contributed by atoms with Crippen molar-refractivity contribution in [3.63, 3.8) is 0 Å². The maximum Gasteiger partial charge on any atom is 0.136 e. The molecule has 2 heterocycles. The molecule has 0 aliphatic carbocycles. The van der Waals surface area contributed by atoms with E-state index in [0.29, 0.717) is 0 Å². The summed E-state index contributed by atoms with van der Waals surface area (Å²) in [5, 5.41) is 9.67. The third-order valence-electron chi connectivity index (χ3n) is 13.2. The fraction of sp³-hybridized carbons (Fsp3) is 0. The smallest absolute Gasteiger partial charge is 0.136 e. The Kier molecular flexibility index (Phi) is 8.53. The van der Waals surface area contributed by atoms with Crippen molar-refractivity contribution in [3.05, 3.63) is 243 Å². The molecule has 0 unspecified atom stereocenters. The van der Waals surface area contributed by atoms with Crippen LogP contribution in [0.3, 0.4) is 0 Å². The van der Waals surface area contributed by atoms with Gasteiger partial charge in [0.2, 0.25) is 0 Å². The third-order valence-corrected chi connectivity index (χ3v) is 13.2. The highest BCUT2D eigenvalue weighted by Crippen LogP contribution is 2.46. The van der Waals surface area contributed by atoms with Crippen LogP contribution in [0, 0.1) is 0 Å². The SMILES string of the molecule is c1cc(-c2ccc(N(c3ccc4ccc5ccccc5c4c3)c3ccccc3-c3cccc4oc5ccccc5c34)cc2)cc(-c2cccc(-n3c4ccccc4c4ccccc43)c2)c1. The molecule has 0 bridgehead atoms. The van der Waals surface area contributed by atoms with Gasteiger partial charge >= 0.3 is 0 Å². The van der Waals surface area contributed by atoms with Crippen LogP contribution in [0.1, 0.15) is 0 Å². The predicted octanol–water partition coefficient (Wildman–Crippen LogP) is 17.5. The van der Waals surface area contributed by atoms with Gasteiger partial charge in [-0.25, -0.2) is 0 Å². The van der Waals surface area contributed by atoms with Gasteiger partial charge in [0.15, 0.2) is 0 Å². The molecular weight excluding hydrogens is 789 g/mol. The van der Waals surface area contributed by atoms with Crippen LogP contribution in [-0.4, -0.2) is 4.57 Å². The van der Waals surface area contributed by atoms with Gasteiger partial charge in [-0.2, -0.15) is 0 Å². The number of hydrogen-bond acceptors (Lipinski definition) is 2. The van der Waals surface area contributed by atoms with Crippen molar-refractivity contribution >= 4 is 82.4 Å². The Morgan fingerprint density at radius 2 is 0.877 bits per heavy atom. The standard InChI is InChI=1S/C62H40N2O/c1-2-19-50-42(14-1)30-31-43-34-37-49(40-56(43)50)63(57-25-7-5-22-53(57)54-24-13-29-61-62(54)55-23-6-10-28-60(55)65-61)47-35-32-41(33-36-47)44-15-11-16-45(38-44)46-17-12-18-48(39-46)64-58-26-8-3-20-51(58)52-21-4-9-27-59(52)64/h1-40H. The van der Waals surface area contributed by atoms with Crippen LogP contribution in [0.15, 0.2) is 247 Å². The Morgan fingerprint density at radius 3 is 1.68 bits per heavy atom. The molecule has 0 radical (unpaired) electrons. The van der Waals surface area contributed by atoms with E-state index < -0.39 is 0 Å². The van der Waals surface area contributed by atoms with Gasteiger partial charge in [0, 0.05) is 44.2 Å². The summed E-state index contributed by atoms with van der Waals surface area (Å²) < 4.78 is 8.79. The number of nitrogens with zero attached hydrogens (tertiary/aromatic N) is 2. The van der Waals surface area contributed by atoms with E-state index in [9.17, 15) is 0 Å². The van der Waals surface area contributed by atoms with Gasteiger partial charge in [-0.1, -0.05) is 170 Å². The van der Waals surface area contributed by atoms with Crippen LogP contribution in [-0.2, 0) is 0 Å². The fourth-order valence-corrected chi connectivity index (χ4v) is 10.2. The molecule has 0 saturated heterocycles. The van der Waals surface area contributed by atoms with Crippen LogP contribution in [0.4, 0.5) is 17.1 Å². The summed E-state index contributed by atoms with van der Waals surface area (Å²) in [6, 6.07) is 87.8. The molecule has 13 aromatic rings. The highest BCUT2D eigenvalue weighted by Gasteiger charge is 2.21. The monoisotopic (exact) mass is 828 g/mol. The predicted molar refractivity (Wildman–Crippen MR) is 274 cm³/mol. The van der Waals surface area contributed by atoms with Crippen molar-refractivity contribution in [3.8, 4) is 39.1 Å². The zero-order valence-corrected chi connectivity index (χ0v) is 35.4. The summed E-state index contributed by atoms with van der Waals surface area (Å²) in [5.41, 5.74) is 15.5. The number of para-hydroxylation sites is 4. The number of hydrogen-bond donors (Lipinski definition) is 0. The number of furan rings is 1. The minimum atomic E-state index is 0.882. The highest BCUT2D eigenvalue weighted by atomic mass is 16.3. The fourth-order valence-electron chi connectivity index (χ4n) is 10.2. The maximum atomic E-state index is 6.40. The van der Waals surface area contributed by atoms with Crippen molar-refractivity contribution in [1.29, 1.82) is 0 Å². The lowest BCUT2D eigenvalue weighted by atomic mass is 9.96. The van der Waals surface area contributed by atoms with Crippen molar-refractivity contribution in [2.45, 2.75) is 0 Å². The summed E-state index contributed by atoms with van der Waals surface area (Å²) in [6.45, 7) is 0. The molecule has 2 aromatic heterocycles. The first-order chi connectivity index (χ1) is 32.2. The summed E-state index contributed by atoms with van der Waals surface area (Å²) >= 11 is 0. The summed E-state index contributed by atoms with van der Waals surface area (Å²) in [6.07, 6.45) is 0. The van der Waals surface area contributed by atoms with E-state index in [4.69, 9.17) is 4.42 Å². The Hall–Kier alpha value is -8.66. The molecule has 11 aromatic carbocycles. The van der Waals surface area contributed by atoms with Gasteiger partial charge in [0.05, 0.1) is 16.7 Å². The van der Waals surface area contributed by atoms with E-state index in [1.807, 2.05) is 6.07 Å². The molecule has 3 heteroatoms. The molecule has 0 atom stereocenters. The summed E-state index contributed by atoms with van der Waals surface area (Å²) in [4.78, 5) is 2.41. The number of fused-ring (bicyclic) bond motifs is 9. The minimum absolute atomic E-state index is 0.882. The maximum absolute atomic E-state index is 6.40. The number of anilines is 3. The van der Waals surface area contributed by atoms with E-state index in [0.717, 1.165) is 61.4 Å². The molecule has 0 aliphatic rings. The Morgan fingerprint density at radius 1 is 0.323 bits per heavy atom. The number of aromatic nitrogens is 1. The van der Waals surface area contributed by atoms with Crippen molar-refractivity contribution < 1.29 is 4.42 Å². The molecule has 0 aliphatic heterocycles. The van der Waals surface area contributed by atoms with E-state index in [1.54, 1.807) is 0 Å². The Labute approximate surface area is 376 Å². The Bertz CT molecular complexity index is 3910. The molecule has 65 heavy (non-hydrogen) atoms. The van der Waals surface area contributed by atoms with Crippen molar-refractivity contribution in [1.82, 2.24) is 4.57 Å². The summed E-state index contributed by atoms with van der Waals surface area (Å²) in [5.74, 6) is 0. The molecule has 3 nitrogen and oxygen atoms in total. The largest absolute Gasteiger partial charge is 0.456 e. The first kappa shape index (κ1) is 36.9. The van der Waals surface area contributed by atoms with Crippen LogP contribution < -0.4 is 4.90 Å². The van der Waals surface area contributed by atoms with Crippen LogP contribution in [0.2, 0.25) is 0 Å². The van der Waals surface area contributed by atoms with Crippen molar-refractivity contribution in [2.24, 2.45) is 0 Å². The first-order valence-corrected chi connectivity index (χ1v) is 22.2. The minimum Gasteiger partial charge on any atom is -0.456 e. The zero-order chi connectivity index (χ0) is 42.8. The Balaban J connectivity index is 0.929. The van der Waals surface area contributed by atoms with E-state index in [2.05, 4.69) is 246 Å². The van der Waals surface area contributed by atoms with Gasteiger partial charge in [-0.05, 0) is 122 Å². The highest BCUT2D eigenvalue weighted by molar-refractivity contribution is 6.14. The van der Waals surface area contributed by atoms with Crippen molar-refractivity contribution in [2.75, 3.05) is 4.90 Å². The molecule has 304 valence electrons. The van der Waals surface area contributed by atoms with Gasteiger partial charge in [-0.3, -0.25) is 0 Å². The van der Waals surface area contributed by atoms with Gasteiger partial charge in [-0.15, -0.1) is 0 Å². The zero-order valence-electron chi connectivity index (χ0n) is 35.4. The van der Waals surface area contributed by atoms with E-state index in [-0.39, 0.29) is 0 Å². The lowest BCUT2D eigenvalue weighted by Gasteiger charge is -2.28. The molecule has 13 rings (SSSR count). The van der Waals surface area contributed by atoms with E-state index >= 15 is 0 Å². The van der Waals surface area contributed by atoms with Gasteiger partial charge < -0.3 is 13.9 Å². The van der Waals surface area contributed by atoms with Crippen LogP contribution in [0.25, 0.3) is 104 Å². The first-order valence-electron chi connectivity index (χ1n) is 22.2. The molecule has 0 amide bonds. The molecule has 0 saturated carbocycles. The lowest BCUT2D eigenvalue weighted by Crippen LogP contribution is -2.11. The normalized spacial score (nSPS) is 11.7. The molecule has 0 fully saturated rings.